The number of rotatable bonds is 10. The van der Waals surface area contributed by atoms with Gasteiger partial charge in [-0.05, 0) is 6.92 Å². The van der Waals surface area contributed by atoms with E-state index < -0.39 is 37.4 Å². The van der Waals surface area contributed by atoms with E-state index in [0.717, 1.165) is 0 Å². The zero-order valence-electron chi connectivity index (χ0n) is 17.8. The van der Waals surface area contributed by atoms with E-state index in [1.165, 1.54) is 10.8 Å². The Balaban J connectivity index is 2.17. The van der Waals surface area contributed by atoms with Crippen LogP contribution in [0.15, 0.2) is 15.8 Å². The lowest BCUT2D eigenvalue weighted by Gasteiger charge is -2.37. The van der Waals surface area contributed by atoms with E-state index in [2.05, 4.69) is 4.98 Å². The van der Waals surface area contributed by atoms with E-state index >= 15 is 0 Å². The Bertz CT molecular complexity index is 816. The molecule has 0 radical (unpaired) electrons. The summed E-state index contributed by atoms with van der Waals surface area (Å²) in [5, 5.41) is 10.4. The van der Waals surface area contributed by atoms with Crippen molar-refractivity contribution in [2.24, 2.45) is 0 Å². The highest BCUT2D eigenvalue weighted by Crippen LogP contribution is 2.54. The highest BCUT2D eigenvalue weighted by molar-refractivity contribution is 7.53. The minimum absolute atomic E-state index is 0.0704. The summed E-state index contributed by atoms with van der Waals surface area (Å²) in [5.41, 5.74) is -0.685. The topological polar surface area (TPSA) is 117 Å². The molecule has 0 amide bonds. The average Bonchev–Trinajstić information content (AvgIpc) is 3.05. The number of H-pyrrole nitrogens is 1. The van der Waals surface area contributed by atoms with Crippen LogP contribution in [0.4, 0.5) is 0 Å². The van der Waals surface area contributed by atoms with E-state index in [0.29, 0.717) is 31.7 Å². The molecule has 166 valence electrons. The van der Waals surface area contributed by atoms with Crippen LogP contribution in [0.25, 0.3) is 0 Å². The van der Waals surface area contributed by atoms with Gasteiger partial charge in [-0.15, -0.1) is 0 Å². The van der Waals surface area contributed by atoms with Gasteiger partial charge in [-0.2, -0.15) is 0 Å². The van der Waals surface area contributed by atoms with Crippen LogP contribution >= 0.6 is 7.67 Å². The zero-order valence-corrected chi connectivity index (χ0v) is 18.7. The summed E-state index contributed by atoms with van der Waals surface area (Å²) >= 11 is 0. The standard InChI is InChI=1S/C18H33N4O6P/c1-6-20(7-2)29(26,21(8-3)9-4)27-12-15-14(23)10-16(28-15)22-11-13(5)17(24)19-18(22)25/h11,14-16,23H,6-10,12H2,1-5H3,(H,19,24,25)/t14-,15+,16+/m0/s1. The van der Waals surface area contributed by atoms with Crippen molar-refractivity contribution >= 4 is 7.67 Å². The van der Waals surface area contributed by atoms with Gasteiger partial charge in [-0.1, -0.05) is 27.7 Å². The van der Waals surface area contributed by atoms with Gasteiger partial charge in [0, 0.05) is 44.4 Å². The highest BCUT2D eigenvalue weighted by atomic mass is 31.2. The molecular formula is C18H33N4O6P. The van der Waals surface area contributed by atoms with E-state index in [9.17, 15) is 19.3 Å². The molecule has 0 saturated carbocycles. The largest absolute Gasteiger partial charge is 0.390 e. The number of nitrogens with zero attached hydrogens (tertiary/aromatic N) is 3. The molecule has 2 rings (SSSR count). The molecule has 1 aromatic rings. The van der Waals surface area contributed by atoms with Gasteiger partial charge in [0.05, 0.1) is 12.7 Å². The molecule has 0 unspecified atom stereocenters. The summed E-state index contributed by atoms with van der Waals surface area (Å²) in [6.45, 7) is 11.5. The summed E-state index contributed by atoms with van der Waals surface area (Å²) in [6, 6.07) is 0. The minimum Gasteiger partial charge on any atom is -0.390 e. The van der Waals surface area contributed by atoms with Crippen LogP contribution in [0.3, 0.4) is 0 Å². The Labute approximate surface area is 171 Å². The van der Waals surface area contributed by atoms with Gasteiger partial charge in [0.2, 0.25) is 0 Å². The first-order valence-electron chi connectivity index (χ1n) is 10.1. The third kappa shape index (κ3) is 5.07. The van der Waals surface area contributed by atoms with E-state index in [-0.39, 0.29) is 13.0 Å². The molecule has 1 aliphatic heterocycles. The molecule has 1 saturated heterocycles. The maximum Gasteiger partial charge on any atom is 0.346 e. The molecule has 1 aliphatic rings. The second-order valence-electron chi connectivity index (χ2n) is 6.98. The number of nitrogens with one attached hydrogen (secondary N) is 1. The quantitative estimate of drug-likeness (QED) is 0.532. The fraction of sp³-hybridized carbons (Fsp3) is 0.778. The second-order valence-corrected chi connectivity index (χ2v) is 9.35. The first kappa shape index (κ1) is 24.0. The minimum atomic E-state index is -3.27. The highest BCUT2D eigenvalue weighted by Gasteiger charge is 2.41. The Hall–Kier alpha value is -1.29. The molecule has 2 N–H and O–H groups in total. The maximum absolute atomic E-state index is 13.7. The molecule has 0 aliphatic carbocycles. The molecule has 2 heterocycles. The van der Waals surface area contributed by atoms with Gasteiger partial charge in [-0.3, -0.25) is 18.9 Å². The summed E-state index contributed by atoms with van der Waals surface area (Å²) in [4.78, 5) is 25.9. The number of aromatic nitrogens is 2. The summed E-state index contributed by atoms with van der Waals surface area (Å²) < 4.78 is 30.3. The molecule has 10 nitrogen and oxygen atoms in total. The van der Waals surface area contributed by atoms with Crippen molar-refractivity contribution in [3.05, 3.63) is 32.6 Å². The van der Waals surface area contributed by atoms with Crippen molar-refractivity contribution in [1.82, 2.24) is 18.9 Å². The Kier molecular flexibility index (Phi) is 8.39. The lowest BCUT2D eigenvalue weighted by molar-refractivity contribution is -0.0435. The van der Waals surface area contributed by atoms with Gasteiger partial charge in [0.1, 0.15) is 12.3 Å². The van der Waals surface area contributed by atoms with E-state index in [1.54, 1.807) is 16.3 Å². The number of aliphatic hydroxyl groups excluding tert-OH is 1. The van der Waals surface area contributed by atoms with Gasteiger partial charge in [0.15, 0.2) is 0 Å². The van der Waals surface area contributed by atoms with E-state index in [4.69, 9.17) is 9.26 Å². The SMILES string of the molecule is CCN(CC)P(=O)(OC[C@H]1O[C@@H](n2cc(C)c(=O)[nH]c2=O)C[C@@H]1O)N(CC)CC. The third-order valence-electron chi connectivity index (χ3n) is 5.24. The van der Waals surface area contributed by atoms with Crippen molar-refractivity contribution < 1.29 is 18.9 Å². The molecule has 1 aromatic heterocycles. The van der Waals surface area contributed by atoms with Crippen molar-refractivity contribution in [3.8, 4) is 0 Å². The fourth-order valence-corrected chi connectivity index (χ4v) is 5.97. The number of aromatic amines is 1. The van der Waals surface area contributed by atoms with Gasteiger partial charge < -0.3 is 14.4 Å². The first-order chi connectivity index (χ1) is 13.7. The molecule has 29 heavy (non-hydrogen) atoms. The fourth-order valence-electron chi connectivity index (χ4n) is 3.51. The van der Waals surface area contributed by atoms with Crippen molar-refractivity contribution in [3.63, 3.8) is 0 Å². The number of aryl methyl sites for hydroxylation is 1. The second kappa shape index (κ2) is 10.1. The van der Waals surface area contributed by atoms with Gasteiger partial charge in [-0.25, -0.2) is 14.1 Å². The van der Waals surface area contributed by atoms with Crippen molar-refractivity contribution in [1.29, 1.82) is 0 Å². The monoisotopic (exact) mass is 432 g/mol. The molecule has 3 atom stereocenters. The molecule has 11 heteroatoms. The van der Waals surface area contributed by atoms with Crippen LogP contribution in [-0.4, -0.2) is 69.0 Å². The van der Waals surface area contributed by atoms with Crippen LogP contribution in [0.1, 0.15) is 45.9 Å². The molecule has 0 spiro atoms. The average molecular weight is 432 g/mol. The van der Waals surface area contributed by atoms with Gasteiger partial charge in [0.25, 0.3) is 5.56 Å². The number of hydrogen-bond donors (Lipinski definition) is 2. The lowest BCUT2D eigenvalue weighted by Crippen LogP contribution is -2.36. The number of ether oxygens (including phenoxy) is 1. The van der Waals surface area contributed by atoms with Gasteiger partial charge >= 0.3 is 13.4 Å². The van der Waals surface area contributed by atoms with Crippen LogP contribution in [0, 0.1) is 6.92 Å². The molecule has 0 aromatic carbocycles. The summed E-state index contributed by atoms with van der Waals surface area (Å²) in [7, 11) is -3.27. The lowest BCUT2D eigenvalue weighted by atomic mass is 10.2. The predicted octanol–water partition coefficient (Wildman–Crippen LogP) is 1.30. The predicted molar refractivity (Wildman–Crippen MR) is 110 cm³/mol. The Morgan fingerprint density at radius 3 is 2.28 bits per heavy atom. The normalized spacial score (nSPS) is 22.7. The third-order valence-corrected chi connectivity index (χ3v) is 8.29. The molecule has 0 bridgehead atoms. The molecule has 1 fully saturated rings. The molecular weight excluding hydrogens is 399 g/mol. The van der Waals surface area contributed by atoms with Crippen LogP contribution in [0.5, 0.6) is 0 Å². The Morgan fingerprint density at radius 2 is 1.76 bits per heavy atom. The number of hydrogen-bond acceptors (Lipinski definition) is 6. The van der Waals surface area contributed by atoms with Crippen LogP contribution in [0.2, 0.25) is 0 Å². The van der Waals surface area contributed by atoms with Crippen molar-refractivity contribution in [2.75, 3.05) is 32.8 Å². The maximum atomic E-state index is 13.7. The van der Waals surface area contributed by atoms with E-state index in [1.807, 2.05) is 27.7 Å². The smallest absolute Gasteiger partial charge is 0.346 e. The van der Waals surface area contributed by atoms with Crippen molar-refractivity contribution in [2.45, 2.75) is 59.5 Å². The van der Waals surface area contributed by atoms with Crippen LogP contribution in [-0.2, 0) is 13.8 Å². The van der Waals surface area contributed by atoms with Crippen LogP contribution < -0.4 is 11.2 Å². The number of aliphatic hydroxyl groups is 1. The zero-order chi connectivity index (χ0) is 21.8. The first-order valence-corrected chi connectivity index (χ1v) is 11.7. The summed E-state index contributed by atoms with van der Waals surface area (Å²) in [6.07, 6.45) is -0.777. The summed E-state index contributed by atoms with van der Waals surface area (Å²) in [5.74, 6) is 0. The Morgan fingerprint density at radius 1 is 1.21 bits per heavy atom.